The van der Waals surface area contributed by atoms with Gasteiger partial charge in [-0.1, -0.05) is 33.6 Å². The molecule has 0 aromatic carbocycles. The number of amides is 1. The van der Waals surface area contributed by atoms with Crippen LogP contribution in [-0.4, -0.2) is 59.6 Å². The maximum absolute atomic E-state index is 10.8. The van der Waals surface area contributed by atoms with Crippen molar-refractivity contribution in [1.82, 2.24) is 5.32 Å². The van der Waals surface area contributed by atoms with Crippen molar-refractivity contribution in [1.29, 1.82) is 0 Å². The lowest BCUT2D eigenvalue weighted by Crippen LogP contribution is -2.43. The van der Waals surface area contributed by atoms with E-state index < -0.39 is 39.3 Å². The molecule has 1 atom stereocenters. The van der Waals surface area contributed by atoms with Crippen LogP contribution in [0, 0.1) is 5.92 Å². The summed E-state index contributed by atoms with van der Waals surface area (Å²) in [6.07, 6.45) is 1.78. The van der Waals surface area contributed by atoms with Crippen molar-refractivity contribution in [3.63, 3.8) is 0 Å². The molecule has 0 aromatic heterocycles. The second-order valence-corrected chi connectivity index (χ2v) is 6.61. The fourth-order valence-electron chi connectivity index (χ4n) is 1.05. The monoisotopic (exact) mass is 409 g/mol. The van der Waals surface area contributed by atoms with Gasteiger partial charge >= 0.3 is 11.9 Å². The number of carboxylic acids is 1. The van der Waals surface area contributed by atoms with E-state index in [1.54, 1.807) is 20.8 Å². The molecule has 1 amide bonds. The van der Waals surface area contributed by atoms with E-state index in [-0.39, 0.29) is 13.2 Å². The molecule has 156 valence electrons. The molecule has 11 heteroatoms. The quantitative estimate of drug-likeness (QED) is 0.254. The van der Waals surface area contributed by atoms with E-state index in [1.807, 2.05) is 0 Å². The molecule has 0 radical (unpaired) electrons. The molecular formula is C16H27NO9S. The van der Waals surface area contributed by atoms with Gasteiger partial charge in [-0.3, -0.25) is 9.35 Å². The number of carbonyl (C=O) groups is 3. The summed E-state index contributed by atoms with van der Waals surface area (Å²) in [5, 5.41) is 16.6. The summed E-state index contributed by atoms with van der Waals surface area (Å²) < 4.78 is 34.6. The second-order valence-electron chi connectivity index (χ2n) is 5.07. The maximum atomic E-state index is 10.8. The Balaban J connectivity index is -0.000000356. The first-order valence-electron chi connectivity index (χ1n) is 7.42. The van der Waals surface area contributed by atoms with Gasteiger partial charge in [-0.2, -0.15) is 8.42 Å². The van der Waals surface area contributed by atoms with Crippen molar-refractivity contribution < 1.29 is 42.3 Å². The lowest BCUT2D eigenvalue weighted by molar-refractivity contribution is -0.140. The van der Waals surface area contributed by atoms with Crippen molar-refractivity contribution in [3.05, 3.63) is 37.5 Å². The molecule has 0 aliphatic rings. The SMILES string of the molecule is C=C(C)C(=O)OCCO.C=CC(=O)NC(C(C)C)S(=O)(=O)O.C=CC(=O)O. The van der Waals surface area contributed by atoms with Gasteiger partial charge < -0.3 is 20.3 Å². The van der Waals surface area contributed by atoms with E-state index in [4.69, 9.17) is 14.8 Å². The molecule has 0 rings (SSSR count). The third-order valence-corrected chi connectivity index (χ3v) is 3.55. The molecule has 0 aliphatic heterocycles. The number of aliphatic hydroxyl groups excluding tert-OH is 1. The minimum absolute atomic E-state index is 0.0473. The smallest absolute Gasteiger partial charge is 0.333 e. The first kappa shape index (κ1) is 29.3. The number of hydrogen-bond donors (Lipinski definition) is 4. The molecule has 1 unspecified atom stereocenters. The van der Waals surface area contributed by atoms with E-state index in [1.165, 1.54) is 0 Å². The van der Waals surface area contributed by atoms with Gasteiger partial charge in [0.2, 0.25) is 5.91 Å². The van der Waals surface area contributed by atoms with Gasteiger partial charge in [0, 0.05) is 11.6 Å². The number of carboxylic acid groups (broad SMARTS) is 1. The van der Waals surface area contributed by atoms with E-state index >= 15 is 0 Å². The van der Waals surface area contributed by atoms with Gasteiger partial charge in [-0.15, -0.1) is 0 Å². The third-order valence-electron chi connectivity index (χ3n) is 2.24. The van der Waals surface area contributed by atoms with Crippen LogP contribution in [0.1, 0.15) is 20.8 Å². The number of ether oxygens (including phenoxy) is 1. The lowest BCUT2D eigenvalue weighted by atomic mass is 10.2. The van der Waals surface area contributed by atoms with Crippen LogP contribution in [0.3, 0.4) is 0 Å². The Bertz CT molecular complexity index is 624. The van der Waals surface area contributed by atoms with Crippen LogP contribution in [0.2, 0.25) is 0 Å². The van der Waals surface area contributed by atoms with E-state index in [2.05, 4.69) is 29.8 Å². The summed E-state index contributed by atoms with van der Waals surface area (Å²) in [6, 6.07) is 0. The number of nitrogens with one attached hydrogen (secondary N) is 1. The highest BCUT2D eigenvalue weighted by Gasteiger charge is 2.27. The Morgan fingerprint density at radius 1 is 1.19 bits per heavy atom. The summed E-state index contributed by atoms with van der Waals surface area (Å²) in [7, 11) is -4.25. The zero-order valence-corrected chi connectivity index (χ0v) is 16.4. The summed E-state index contributed by atoms with van der Waals surface area (Å²) in [5.41, 5.74) is 0.350. The highest BCUT2D eigenvalue weighted by molar-refractivity contribution is 7.86. The van der Waals surface area contributed by atoms with Crippen LogP contribution in [0.4, 0.5) is 0 Å². The molecule has 0 aliphatic carbocycles. The molecule has 0 bridgehead atoms. The summed E-state index contributed by atoms with van der Waals surface area (Å²) in [5.74, 6) is -2.47. The zero-order chi connectivity index (χ0) is 22.2. The van der Waals surface area contributed by atoms with E-state index in [0.29, 0.717) is 5.57 Å². The van der Waals surface area contributed by atoms with Gasteiger partial charge in [0.25, 0.3) is 10.1 Å². The first-order valence-corrected chi connectivity index (χ1v) is 8.92. The van der Waals surface area contributed by atoms with Crippen LogP contribution < -0.4 is 5.32 Å². The molecule has 0 saturated carbocycles. The van der Waals surface area contributed by atoms with Gasteiger partial charge in [0.05, 0.1) is 6.61 Å². The number of aliphatic carboxylic acids is 1. The van der Waals surface area contributed by atoms with Crippen molar-refractivity contribution in [2.75, 3.05) is 13.2 Å². The second kappa shape index (κ2) is 15.7. The van der Waals surface area contributed by atoms with Crippen LogP contribution in [-0.2, 0) is 29.2 Å². The molecule has 0 aromatic rings. The molecule has 0 heterocycles. The Hall–Kier alpha value is -2.50. The Morgan fingerprint density at radius 3 is 1.85 bits per heavy atom. The van der Waals surface area contributed by atoms with Gasteiger partial charge in [0.15, 0.2) is 5.37 Å². The molecule has 0 spiro atoms. The van der Waals surface area contributed by atoms with Gasteiger partial charge in [0.1, 0.15) is 6.61 Å². The maximum Gasteiger partial charge on any atom is 0.333 e. The van der Waals surface area contributed by atoms with Crippen molar-refractivity contribution in [3.8, 4) is 0 Å². The molecule has 10 nitrogen and oxygen atoms in total. The minimum Gasteiger partial charge on any atom is -0.478 e. The minimum atomic E-state index is -4.25. The third kappa shape index (κ3) is 19.7. The number of esters is 1. The van der Waals surface area contributed by atoms with Gasteiger partial charge in [-0.25, -0.2) is 9.59 Å². The Morgan fingerprint density at radius 2 is 1.63 bits per heavy atom. The zero-order valence-electron chi connectivity index (χ0n) is 15.5. The van der Waals surface area contributed by atoms with E-state index in [0.717, 1.165) is 12.2 Å². The number of aliphatic hydroxyl groups is 1. The molecule has 0 saturated heterocycles. The highest BCUT2D eigenvalue weighted by atomic mass is 32.2. The standard InChI is InChI=1S/C7H13NO4S.C6H10O3.C3H4O2/c1-4-6(9)8-7(5(2)3)13(10,11)12;1-5(2)6(8)9-4-3-7;1-2-3(4)5/h4-5,7H,1H2,2-3H3,(H,8,9)(H,10,11,12);7H,1,3-4H2,2H3;2H,1H2,(H,4,5). The largest absolute Gasteiger partial charge is 0.478 e. The van der Waals surface area contributed by atoms with Crippen LogP contribution in [0.15, 0.2) is 37.5 Å². The summed E-state index contributed by atoms with van der Waals surface area (Å²) >= 11 is 0. The predicted octanol–water partition coefficient (Wildman–Crippen LogP) is 0.514. The van der Waals surface area contributed by atoms with Crippen molar-refractivity contribution in [2.24, 2.45) is 5.92 Å². The van der Waals surface area contributed by atoms with Gasteiger partial charge in [-0.05, 0) is 18.9 Å². The average Bonchev–Trinajstić information content (AvgIpc) is 2.56. The fraction of sp³-hybridized carbons (Fsp3) is 0.438. The normalized spacial score (nSPS) is 10.7. The fourth-order valence-corrected chi connectivity index (χ4v) is 2.00. The highest BCUT2D eigenvalue weighted by Crippen LogP contribution is 2.07. The molecule has 4 N–H and O–H groups in total. The topological polar surface area (TPSA) is 167 Å². The molecule has 0 fully saturated rings. The molecular weight excluding hydrogens is 382 g/mol. The summed E-state index contributed by atoms with van der Waals surface area (Å²) in [6.45, 7) is 14.1. The predicted molar refractivity (Wildman–Crippen MR) is 99.2 cm³/mol. The number of hydrogen-bond acceptors (Lipinski definition) is 7. The molecule has 27 heavy (non-hydrogen) atoms. The van der Waals surface area contributed by atoms with Crippen LogP contribution in [0.25, 0.3) is 0 Å². The van der Waals surface area contributed by atoms with Crippen LogP contribution >= 0.6 is 0 Å². The van der Waals surface area contributed by atoms with E-state index in [9.17, 15) is 22.8 Å². The lowest BCUT2D eigenvalue weighted by Gasteiger charge is -2.17. The van der Waals surface area contributed by atoms with Crippen molar-refractivity contribution >= 4 is 28.0 Å². The van der Waals surface area contributed by atoms with Crippen molar-refractivity contribution in [2.45, 2.75) is 26.1 Å². The Kier molecular flexibility index (Phi) is 17.1. The number of carbonyl (C=O) groups excluding carboxylic acids is 2. The average molecular weight is 409 g/mol. The Labute approximate surface area is 159 Å². The summed E-state index contributed by atoms with van der Waals surface area (Å²) in [4.78, 5) is 30.5. The number of rotatable bonds is 8. The first-order chi connectivity index (χ1) is 12.2. The van der Waals surface area contributed by atoms with Crippen LogP contribution in [0.5, 0.6) is 0 Å².